The van der Waals surface area contributed by atoms with E-state index in [9.17, 15) is 0 Å². The molecule has 0 aromatic heterocycles. The van der Waals surface area contributed by atoms with Gasteiger partial charge in [0, 0.05) is 45.3 Å². The molecule has 3 rings (SSSR count). The van der Waals surface area contributed by atoms with Crippen molar-refractivity contribution < 1.29 is 9.47 Å². The molecule has 2 heterocycles. The molecular formula is C19H35N3O2. The minimum Gasteiger partial charge on any atom is -0.381 e. The topological polar surface area (TPSA) is 46.1 Å². The van der Waals surface area contributed by atoms with Crippen molar-refractivity contribution in [2.24, 2.45) is 22.7 Å². The Hall–Kier alpha value is -0.810. The Morgan fingerprint density at radius 1 is 1.21 bits per heavy atom. The average Bonchev–Trinajstić information content (AvgIpc) is 3.25. The Morgan fingerprint density at radius 3 is 2.67 bits per heavy atom. The second-order valence-corrected chi connectivity index (χ2v) is 7.60. The first-order chi connectivity index (χ1) is 11.9. The molecule has 3 fully saturated rings. The molecule has 0 radical (unpaired) electrons. The molecule has 2 saturated heterocycles. The number of ether oxygens (including phenoxy) is 2. The lowest BCUT2D eigenvalue weighted by atomic mass is 9.82. The van der Waals surface area contributed by atoms with Gasteiger partial charge in [0.1, 0.15) is 0 Å². The van der Waals surface area contributed by atoms with E-state index in [1.807, 2.05) is 0 Å². The Bertz CT molecular complexity index is 382. The minimum atomic E-state index is 0.610. The monoisotopic (exact) mass is 337 g/mol. The quantitative estimate of drug-likeness (QED) is 0.440. The maximum absolute atomic E-state index is 5.78. The predicted octanol–water partition coefficient (Wildman–Crippen LogP) is 2.52. The molecule has 1 aliphatic carbocycles. The summed E-state index contributed by atoms with van der Waals surface area (Å²) >= 11 is 0. The van der Waals surface area contributed by atoms with Gasteiger partial charge in [-0.3, -0.25) is 4.99 Å². The van der Waals surface area contributed by atoms with Gasteiger partial charge in [0.15, 0.2) is 5.96 Å². The van der Waals surface area contributed by atoms with E-state index in [4.69, 9.17) is 14.5 Å². The third-order valence-corrected chi connectivity index (χ3v) is 5.70. The van der Waals surface area contributed by atoms with E-state index in [-0.39, 0.29) is 0 Å². The molecule has 1 saturated carbocycles. The minimum absolute atomic E-state index is 0.610. The van der Waals surface area contributed by atoms with Gasteiger partial charge in [-0.25, -0.2) is 0 Å². The number of hydrogen-bond donors (Lipinski definition) is 1. The fourth-order valence-electron chi connectivity index (χ4n) is 4.32. The number of aliphatic imine (C=N–C) groups is 1. The molecule has 0 aromatic carbocycles. The van der Waals surface area contributed by atoms with E-state index in [0.29, 0.717) is 5.92 Å². The van der Waals surface area contributed by atoms with E-state index >= 15 is 0 Å². The van der Waals surface area contributed by atoms with Gasteiger partial charge in [-0.15, -0.1) is 0 Å². The largest absolute Gasteiger partial charge is 0.381 e. The zero-order chi connectivity index (χ0) is 16.6. The summed E-state index contributed by atoms with van der Waals surface area (Å²) in [6, 6.07) is 0. The highest BCUT2D eigenvalue weighted by Crippen LogP contribution is 2.35. The lowest BCUT2D eigenvalue weighted by Gasteiger charge is -2.22. The van der Waals surface area contributed by atoms with Gasteiger partial charge in [0.25, 0.3) is 0 Å². The van der Waals surface area contributed by atoms with Crippen molar-refractivity contribution in [2.75, 3.05) is 52.6 Å². The first-order valence-corrected chi connectivity index (χ1v) is 10.1. The van der Waals surface area contributed by atoms with Gasteiger partial charge in [-0.2, -0.15) is 0 Å². The van der Waals surface area contributed by atoms with Crippen LogP contribution in [-0.2, 0) is 9.47 Å². The van der Waals surface area contributed by atoms with Gasteiger partial charge in [0.05, 0.1) is 13.2 Å². The fraction of sp³-hybridized carbons (Fsp3) is 0.947. The lowest BCUT2D eigenvalue weighted by molar-refractivity contribution is 0.0893. The summed E-state index contributed by atoms with van der Waals surface area (Å²) in [7, 11) is 0. The summed E-state index contributed by atoms with van der Waals surface area (Å²) < 4.78 is 11.2. The molecule has 5 heteroatoms. The van der Waals surface area contributed by atoms with Gasteiger partial charge < -0.3 is 19.7 Å². The van der Waals surface area contributed by atoms with Crippen LogP contribution in [0, 0.1) is 17.8 Å². The molecule has 5 nitrogen and oxygen atoms in total. The van der Waals surface area contributed by atoms with Crippen LogP contribution < -0.4 is 5.32 Å². The average molecular weight is 338 g/mol. The number of nitrogens with zero attached hydrogens (tertiary/aromatic N) is 2. The second-order valence-electron chi connectivity index (χ2n) is 7.60. The SMILES string of the molecule is CCNC(=NCCCOCC1CCOC1)N1CC2CCCCC2C1. The summed E-state index contributed by atoms with van der Waals surface area (Å²) in [4.78, 5) is 7.35. The van der Waals surface area contributed by atoms with E-state index in [2.05, 4.69) is 17.1 Å². The van der Waals surface area contributed by atoms with Crippen LogP contribution in [0.3, 0.4) is 0 Å². The Labute approximate surface area is 147 Å². The highest BCUT2D eigenvalue weighted by molar-refractivity contribution is 5.80. The van der Waals surface area contributed by atoms with Crippen LogP contribution in [0.1, 0.15) is 45.4 Å². The highest BCUT2D eigenvalue weighted by atomic mass is 16.5. The molecule has 3 unspecified atom stereocenters. The zero-order valence-electron chi connectivity index (χ0n) is 15.3. The van der Waals surface area contributed by atoms with Crippen molar-refractivity contribution in [1.29, 1.82) is 0 Å². The Balaban J connectivity index is 1.37. The maximum Gasteiger partial charge on any atom is 0.193 e. The normalized spacial score (nSPS) is 30.6. The number of likely N-dealkylation sites (tertiary alicyclic amines) is 1. The number of nitrogens with one attached hydrogen (secondary N) is 1. The summed E-state index contributed by atoms with van der Waals surface area (Å²) in [5.74, 6) is 3.54. The van der Waals surface area contributed by atoms with Crippen LogP contribution in [0.15, 0.2) is 4.99 Å². The Morgan fingerprint density at radius 2 is 2.00 bits per heavy atom. The summed E-state index contributed by atoms with van der Waals surface area (Å²) in [6.45, 7) is 9.80. The standard InChI is InChI=1S/C19H35N3O2/c1-2-20-19(22-12-17-6-3-4-7-18(17)13-22)21-9-5-10-23-14-16-8-11-24-15-16/h16-18H,2-15H2,1H3,(H,20,21). The smallest absolute Gasteiger partial charge is 0.193 e. The van der Waals surface area contributed by atoms with Crippen molar-refractivity contribution >= 4 is 5.96 Å². The zero-order valence-corrected chi connectivity index (χ0v) is 15.3. The van der Waals surface area contributed by atoms with Crippen LogP contribution in [-0.4, -0.2) is 63.5 Å². The Kier molecular flexibility index (Phi) is 7.21. The summed E-state index contributed by atoms with van der Waals surface area (Å²) in [6.07, 6.45) is 7.83. The lowest BCUT2D eigenvalue weighted by Crippen LogP contribution is -2.40. The predicted molar refractivity (Wildman–Crippen MR) is 97.4 cm³/mol. The number of rotatable bonds is 7. The number of guanidine groups is 1. The van der Waals surface area contributed by atoms with Crippen LogP contribution >= 0.6 is 0 Å². The van der Waals surface area contributed by atoms with Crippen LogP contribution in [0.2, 0.25) is 0 Å². The van der Waals surface area contributed by atoms with Crippen LogP contribution in [0.5, 0.6) is 0 Å². The molecule has 0 amide bonds. The fourth-order valence-corrected chi connectivity index (χ4v) is 4.32. The summed E-state index contributed by atoms with van der Waals surface area (Å²) in [5, 5.41) is 3.49. The summed E-state index contributed by atoms with van der Waals surface area (Å²) in [5.41, 5.74) is 0. The molecule has 0 spiro atoms. The molecular weight excluding hydrogens is 302 g/mol. The van der Waals surface area contributed by atoms with Crippen molar-refractivity contribution in [3.8, 4) is 0 Å². The highest BCUT2D eigenvalue weighted by Gasteiger charge is 2.35. The molecule has 3 atom stereocenters. The molecule has 0 bridgehead atoms. The molecule has 1 N–H and O–H groups in total. The van der Waals surface area contributed by atoms with Crippen LogP contribution in [0.4, 0.5) is 0 Å². The number of hydrogen-bond acceptors (Lipinski definition) is 3. The molecule has 0 aromatic rings. The van der Waals surface area contributed by atoms with E-state index in [0.717, 1.165) is 70.2 Å². The molecule has 24 heavy (non-hydrogen) atoms. The first-order valence-electron chi connectivity index (χ1n) is 10.1. The van der Waals surface area contributed by atoms with Crippen molar-refractivity contribution in [2.45, 2.75) is 45.4 Å². The maximum atomic E-state index is 5.78. The third kappa shape index (κ3) is 5.09. The first kappa shape index (κ1) is 18.0. The molecule has 138 valence electrons. The van der Waals surface area contributed by atoms with Crippen LogP contribution in [0.25, 0.3) is 0 Å². The van der Waals surface area contributed by atoms with Gasteiger partial charge >= 0.3 is 0 Å². The van der Waals surface area contributed by atoms with Crippen molar-refractivity contribution in [3.63, 3.8) is 0 Å². The van der Waals surface area contributed by atoms with Gasteiger partial charge in [-0.05, 0) is 44.4 Å². The third-order valence-electron chi connectivity index (χ3n) is 5.70. The number of fused-ring (bicyclic) bond motifs is 1. The van der Waals surface area contributed by atoms with E-state index in [1.54, 1.807) is 0 Å². The van der Waals surface area contributed by atoms with Crippen molar-refractivity contribution in [3.05, 3.63) is 0 Å². The molecule has 3 aliphatic rings. The van der Waals surface area contributed by atoms with Gasteiger partial charge in [-0.1, -0.05) is 12.8 Å². The van der Waals surface area contributed by atoms with Gasteiger partial charge in [0.2, 0.25) is 0 Å². The van der Waals surface area contributed by atoms with Crippen molar-refractivity contribution in [1.82, 2.24) is 10.2 Å². The van der Waals surface area contributed by atoms with E-state index < -0.39 is 0 Å². The van der Waals surface area contributed by atoms with E-state index in [1.165, 1.54) is 38.8 Å². The molecule has 2 aliphatic heterocycles. The second kappa shape index (κ2) is 9.62.